The van der Waals surface area contributed by atoms with Gasteiger partial charge >= 0.3 is 0 Å². The zero-order valence-electron chi connectivity index (χ0n) is 5.08. The van der Waals surface area contributed by atoms with E-state index in [0.717, 1.165) is 0 Å². The zero-order chi connectivity index (χ0) is 6.10. The number of hydrogen-bond acceptors (Lipinski definition) is 1. The summed E-state index contributed by atoms with van der Waals surface area (Å²) in [6.07, 6.45) is 2.13. The summed E-state index contributed by atoms with van der Waals surface area (Å²) in [6, 6.07) is 6.33. The van der Waals surface area contributed by atoms with Crippen molar-refractivity contribution in [1.82, 2.24) is 0 Å². The van der Waals surface area contributed by atoms with Crippen molar-refractivity contribution in [3.05, 3.63) is 24.4 Å². The summed E-state index contributed by atoms with van der Waals surface area (Å²) in [5.74, 6) is 1.24. The fourth-order valence-electron chi connectivity index (χ4n) is 1.02. The number of aromatic nitrogens is 1. The van der Waals surface area contributed by atoms with E-state index >= 15 is 0 Å². The Bertz CT molecular complexity index is 199. The van der Waals surface area contributed by atoms with E-state index in [-0.39, 0.29) is 0 Å². The summed E-state index contributed by atoms with van der Waals surface area (Å²) < 4.78 is 2.28. The first kappa shape index (κ1) is 5.30. The Hall–Kier alpha value is -0.500. The Morgan fingerprint density at radius 1 is 1.44 bits per heavy atom. The van der Waals surface area contributed by atoms with Crippen molar-refractivity contribution in [2.75, 3.05) is 5.75 Å². The molecule has 0 N–H and O–H groups in total. The molecular formula is C7H8NS+. The minimum absolute atomic E-state index is 1.18. The van der Waals surface area contributed by atoms with Gasteiger partial charge in [-0.2, -0.15) is 4.57 Å². The van der Waals surface area contributed by atoms with Crippen LogP contribution in [0.4, 0.5) is 0 Å². The van der Waals surface area contributed by atoms with Gasteiger partial charge in [-0.25, -0.2) is 0 Å². The van der Waals surface area contributed by atoms with Gasteiger partial charge in [0.1, 0.15) is 0 Å². The van der Waals surface area contributed by atoms with Gasteiger partial charge in [-0.1, -0.05) is 11.8 Å². The molecule has 0 saturated carbocycles. The fraction of sp³-hybridized carbons (Fsp3) is 0.286. The summed E-state index contributed by atoms with van der Waals surface area (Å²) in [7, 11) is 0. The largest absolute Gasteiger partial charge is 0.240 e. The molecule has 0 atom stereocenters. The Balaban J connectivity index is 2.54. The minimum atomic E-state index is 1.18. The first-order valence-corrected chi connectivity index (χ1v) is 4.07. The molecule has 0 amide bonds. The van der Waals surface area contributed by atoms with E-state index in [2.05, 4.69) is 29.0 Å². The SMILES string of the molecule is c1cc[n+]2c(c1)SCC2. The Morgan fingerprint density at radius 2 is 2.44 bits per heavy atom. The number of aryl methyl sites for hydroxylation is 1. The lowest BCUT2D eigenvalue weighted by atomic mass is 10.5. The van der Waals surface area contributed by atoms with Crippen LogP contribution >= 0.6 is 11.8 Å². The standard InChI is InChI=1S/C7H8NS/c1-2-4-8-5-6-9-7(8)3-1/h1-4H,5-6H2/q+1. The quantitative estimate of drug-likeness (QED) is 0.485. The molecule has 0 spiro atoms. The van der Waals surface area contributed by atoms with E-state index in [1.54, 1.807) is 0 Å². The molecule has 0 saturated heterocycles. The molecule has 0 radical (unpaired) electrons. The van der Waals surface area contributed by atoms with Crippen molar-refractivity contribution in [2.45, 2.75) is 11.6 Å². The molecule has 1 aromatic heterocycles. The van der Waals surface area contributed by atoms with Crippen LogP contribution in [-0.2, 0) is 6.54 Å². The average Bonchev–Trinajstić information content (AvgIpc) is 2.33. The van der Waals surface area contributed by atoms with E-state index in [0.29, 0.717) is 0 Å². The van der Waals surface area contributed by atoms with E-state index < -0.39 is 0 Å². The third-order valence-corrected chi connectivity index (χ3v) is 2.53. The molecule has 2 heterocycles. The van der Waals surface area contributed by atoms with Gasteiger partial charge in [0, 0.05) is 12.1 Å². The minimum Gasteiger partial charge on any atom is -0.192 e. The smallest absolute Gasteiger partial charge is 0.192 e. The predicted molar refractivity (Wildman–Crippen MR) is 37.4 cm³/mol. The number of thioether (sulfide) groups is 1. The normalized spacial score (nSPS) is 15.6. The average molecular weight is 138 g/mol. The second-order valence-electron chi connectivity index (χ2n) is 2.08. The van der Waals surface area contributed by atoms with Crippen LogP contribution in [0.5, 0.6) is 0 Å². The summed E-state index contributed by atoms with van der Waals surface area (Å²) in [4.78, 5) is 0. The summed E-state index contributed by atoms with van der Waals surface area (Å²) >= 11 is 1.93. The lowest BCUT2D eigenvalue weighted by molar-refractivity contribution is -0.723. The summed E-state index contributed by atoms with van der Waals surface area (Å²) in [6.45, 7) is 1.18. The first-order chi connectivity index (χ1) is 4.47. The number of hydrogen-bond donors (Lipinski definition) is 0. The molecule has 0 unspecified atom stereocenters. The van der Waals surface area contributed by atoms with Crippen molar-refractivity contribution in [3.63, 3.8) is 0 Å². The van der Waals surface area contributed by atoms with Gasteiger partial charge < -0.3 is 0 Å². The van der Waals surface area contributed by atoms with Crippen LogP contribution in [-0.4, -0.2) is 5.75 Å². The molecule has 0 bridgehead atoms. The van der Waals surface area contributed by atoms with Crippen LogP contribution in [0.25, 0.3) is 0 Å². The van der Waals surface area contributed by atoms with Crippen LogP contribution in [0.2, 0.25) is 0 Å². The Labute approximate surface area is 58.7 Å². The maximum Gasteiger partial charge on any atom is 0.240 e. The van der Waals surface area contributed by atoms with Gasteiger partial charge in [0.25, 0.3) is 0 Å². The van der Waals surface area contributed by atoms with Crippen molar-refractivity contribution >= 4 is 11.8 Å². The highest BCUT2D eigenvalue weighted by molar-refractivity contribution is 7.99. The van der Waals surface area contributed by atoms with Crippen molar-refractivity contribution in [1.29, 1.82) is 0 Å². The number of nitrogens with zero attached hydrogens (tertiary/aromatic N) is 1. The monoisotopic (exact) mass is 138 g/mol. The molecule has 46 valence electrons. The van der Waals surface area contributed by atoms with Crippen LogP contribution in [0.3, 0.4) is 0 Å². The first-order valence-electron chi connectivity index (χ1n) is 3.08. The molecule has 0 aromatic carbocycles. The highest BCUT2D eigenvalue weighted by Crippen LogP contribution is 2.16. The van der Waals surface area contributed by atoms with Crippen LogP contribution in [0.1, 0.15) is 0 Å². The second-order valence-corrected chi connectivity index (χ2v) is 3.20. The summed E-state index contributed by atoms with van der Waals surface area (Å²) in [5, 5.41) is 1.40. The third kappa shape index (κ3) is 0.833. The third-order valence-electron chi connectivity index (χ3n) is 1.48. The van der Waals surface area contributed by atoms with E-state index in [9.17, 15) is 0 Å². The predicted octanol–water partition coefficient (Wildman–Crippen LogP) is 1.08. The van der Waals surface area contributed by atoms with Crippen LogP contribution in [0.15, 0.2) is 29.4 Å². The highest BCUT2D eigenvalue weighted by Gasteiger charge is 2.16. The fourth-order valence-corrected chi connectivity index (χ4v) is 2.01. The Morgan fingerprint density at radius 3 is 3.33 bits per heavy atom. The molecule has 1 aliphatic rings. The molecular weight excluding hydrogens is 130 g/mol. The van der Waals surface area contributed by atoms with Gasteiger partial charge in [-0.3, -0.25) is 0 Å². The Kier molecular flexibility index (Phi) is 1.19. The van der Waals surface area contributed by atoms with Gasteiger partial charge in [0.15, 0.2) is 12.7 Å². The maximum atomic E-state index is 2.28. The van der Waals surface area contributed by atoms with Crippen molar-refractivity contribution in [3.8, 4) is 0 Å². The second kappa shape index (κ2) is 2.03. The van der Waals surface area contributed by atoms with E-state index in [4.69, 9.17) is 0 Å². The molecule has 1 aromatic rings. The zero-order valence-corrected chi connectivity index (χ0v) is 5.90. The molecule has 0 aliphatic carbocycles. The number of rotatable bonds is 0. The number of fused-ring (bicyclic) bond motifs is 1. The molecule has 1 nitrogen and oxygen atoms in total. The lowest BCUT2D eigenvalue weighted by Crippen LogP contribution is -2.31. The highest BCUT2D eigenvalue weighted by atomic mass is 32.2. The van der Waals surface area contributed by atoms with Crippen molar-refractivity contribution in [2.24, 2.45) is 0 Å². The van der Waals surface area contributed by atoms with Crippen molar-refractivity contribution < 1.29 is 4.57 Å². The van der Waals surface area contributed by atoms with Gasteiger partial charge in [0.05, 0.1) is 5.75 Å². The molecule has 9 heavy (non-hydrogen) atoms. The van der Waals surface area contributed by atoms with Gasteiger partial charge in [-0.05, 0) is 6.07 Å². The maximum absolute atomic E-state index is 2.28. The number of pyridine rings is 1. The molecule has 0 fully saturated rings. The topological polar surface area (TPSA) is 3.88 Å². The molecule has 2 rings (SSSR count). The van der Waals surface area contributed by atoms with Gasteiger partial charge in [-0.15, -0.1) is 0 Å². The molecule has 2 heteroatoms. The van der Waals surface area contributed by atoms with E-state index in [1.807, 2.05) is 11.8 Å². The molecule has 1 aliphatic heterocycles. The van der Waals surface area contributed by atoms with Crippen LogP contribution < -0.4 is 4.57 Å². The van der Waals surface area contributed by atoms with Gasteiger partial charge in [0.2, 0.25) is 5.03 Å². The lowest BCUT2D eigenvalue weighted by Gasteiger charge is -1.85. The van der Waals surface area contributed by atoms with Crippen LogP contribution in [0, 0.1) is 0 Å². The van der Waals surface area contributed by atoms with E-state index in [1.165, 1.54) is 17.3 Å². The summed E-state index contributed by atoms with van der Waals surface area (Å²) in [5.41, 5.74) is 0.